The summed E-state index contributed by atoms with van der Waals surface area (Å²) in [5, 5.41) is 4.04. The molecule has 14 heavy (non-hydrogen) atoms. The molecular weight excluding hydrogens is 178 g/mol. The number of carbonyl (C=O) groups excluding carboxylic acids is 1. The molecule has 1 aromatic rings. The molecule has 0 amide bonds. The monoisotopic (exact) mass is 195 g/mol. The molecule has 0 aliphatic rings. The highest BCUT2D eigenvalue weighted by atomic mass is 16.1. The van der Waals surface area contributed by atoms with E-state index in [-0.39, 0.29) is 11.8 Å². The van der Waals surface area contributed by atoms with Crippen molar-refractivity contribution in [1.82, 2.24) is 9.78 Å². The van der Waals surface area contributed by atoms with E-state index in [1.54, 1.807) is 16.9 Å². The van der Waals surface area contributed by atoms with Crippen molar-refractivity contribution in [3.63, 3.8) is 0 Å². The number of aromatic nitrogens is 2. The summed E-state index contributed by atoms with van der Waals surface area (Å²) in [4.78, 5) is 11.8. The van der Waals surface area contributed by atoms with Crippen LogP contribution >= 0.6 is 0 Å². The maximum absolute atomic E-state index is 11.8. The van der Waals surface area contributed by atoms with E-state index in [4.69, 9.17) is 5.73 Å². The molecule has 0 fully saturated rings. The maximum atomic E-state index is 11.8. The number of hydrogen-bond donors (Lipinski definition) is 1. The fourth-order valence-electron chi connectivity index (χ4n) is 1.43. The van der Waals surface area contributed by atoms with Gasteiger partial charge < -0.3 is 5.73 Å². The van der Waals surface area contributed by atoms with Crippen LogP contribution < -0.4 is 5.73 Å². The van der Waals surface area contributed by atoms with Crippen LogP contribution in [0.1, 0.15) is 37.2 Å². The average molecular weight is 195 g/mol. The molecular formula is C10H17N3O. The van der Waals surface area contributed by atoms with Crippen molar-refractivity contribution in [2.75, 3.05) is 0 Å². The van der Waals surface area contributed by atoms with E-state index in [1.807, 2.05) is 13.8 Å². The Balaban J connectivity index is 2.78. The van der Waals surface area contributed by atoms with E-state index in [9.17, 15) is 4.79 Å². The first-order valence-electron chi connectivity index (χ1n) is 5.02. The summed E-state index contributed by atoms with van der Waals surface area (Å²) in [5.74, 6) is -0.00815. The number of rotatable bonds is 5. The van der Waals surface area contributed by atoms with Gasteiger partial charge in [0.15, 0.2) is 5.78 Å². The first-order chi connectivity index (χ1) is 6.70. The van der Waals surface area contributed by atoms with Gasteiger partial charge in [0, 0.05) is 12.7 Å². The van der Waals surface area contributed by atoms with Gasteiger partial charge in [0.05, 0.1) is 6.04 Å². The fraction of sp³-hybridized carbons (Fsp3) is 0.600. The lowest BCUT2D eigenvalue weighted by Crippen LogP contribution is -2.31. The lowest BCUT2D eigenvalue weighted by Gasteiger charge is -2.09. The Kier molecular flexibility index (Phi) is 3.83. The van der Waals surface area contributed by atoms with Gasteiger partial charge in [-0.1, -0.05) is 13.3 Å². The minimum absolute atomic E-state index is 0.00815. The first kappa shape index (κ1) is 10.9. The standard InChI is InChI=1S/C10H17N3O/c1-3-5-8(11)10(14)9-6-7-12-13(9)4-2/h6-8H,3-5,11H2,1-2H3. The predicted octanol–water partition coefficient (Wildman–Crippen LogP) is 1.21. The van der Waals surface area contributed by atoms with Crippen molar-refractivity contribution in [1.29, 1.82) is 0 Å². The van der Waals surface area contributed by atoms with Crippen LogP contribution in [0, 0.1) is 0 Å². The summed E-state index contributed by atoms with van der Waals surface area (Å²) >= 11 is 0. The predicted molar refractivity (Wildman–Crippen MR) is 55.1 cm³/mol. The van der Waals surface area contributed by atoms with E-state index in [1.165, 1.54) is 0 Å². The van der Waals surface area contributed by atoms with Gasteiger partial charge in [-0.25, -0.2) is 0 Å². The molecule has 0 saturated carbocycles. The topological polar surface area (TPSA) is 60.9 Å². The van der Waals surface area contributed by atoms with Gasteiger partial charge in [0.1, 0.15) is 5.69 Å². The van der Waals surface area contributed by atoms with E-state index < -0.39 is 0 Å². The van der Waals surface area contributed by atoms with Crippen LogP contribution in [0.4, 0.5) is 0 Å². The van der Waals surface area contributed by atoms with Crippen LogP contribution in [0.25, 0.3) is 0 Å². The van der Waals surface area contributed by atoms with Crippen molar-refractivity contribution in [3.05, 3.63) is 18.0 Å². The number of hydrogen-bond acceptors (Lipinski definition) is 3. The van der Waals surface area contributed by atoms with Crippen LogP contribution in [0.15, 0.2) is 12.3 Å². The first-order valence-corrected chi connectivity index (χ1v) is 5.02. The highest BCUT2D eigenvalue weighted by Crippen LogP contribution is 2.05. The molecule has 0 bridgehead atoms. The molecule has 0 aliphatic carbocycles. The summed E-state index contributed by atoms with van der Waals surface area (Å²) in [6.45, 7) is 4.67. The van der Waals surface area contributed by atoms with Gasteiger partial charge in [-0.2, -0.15) is 5.10 Å². The minimum Gasteiger partial charge on any atom is -0.321 e. The molecule has 4 heteroatoms. The Morgan fingerprint density at radius 3 is 2.93 bits per heavy atom. The molecule has 0 saturated heterocycles. The van der Waals surface area contributed by atoms with Crippen molar-refractivity contribution in [2.24, 2.45) is 5.73 Å². The van der Waals surface area contributed by atoms with Gasteiger partial charge in [-0.15, -0.1) is 0 Å². The lowest BCUT2D eigenvalue weighted by atomic mass is 10.1. The number of nitrogens with two attached hydrogens (primary N) is 1. The fourth-order valence-corrected chi connectivity index (χ4v) is 1.43. The van der Waals surface area contributed by atoms with E-state index in [2.05, 4.69) is 5.10 Å². The van der Waals surface area contributed by atoms with Gasteiger partial charge in [0.25, 0.3) is 0 Å². The summed E-state index contributed by atoms with van der Waals surface area (Å²) in [6, 6.07) is 1.34. The molecule has 0 aromatic carbocycles. The third-order valence-corrected chi connectivity index (χ3v) is 2.20. The van der Waals surface area contributed by atoms with Crippen LogP contribution in [-0.4, -0.2) is 21.6 Å². The molecule has 4 nitrogen and oxygen atoms in total. The quantitative estimate of drug-likeness (QED) is 0.718. The second kappa shape index (κ2) is 4.91. The highest BCUT2D eigenvalue weighted by molar-refractivity contribution is 5.98. The van der Waals surface area contributed by atoms with Gasteiger partial charge in [-0.3, -0.25) is 9.48 Å². The average Bonchev–Trinajstić information content (AvgIpc) is 2.64. The van der Waals surface area contributed by atoms with E-state index >= 15 is 0 Å². The number of carbonyl (C=O) groups is 1. The molecule has 1 aromatic heterocycles. The molecule has 2 N–H and O–H groups in total. The number of ketones is 1. The molecule has 1 heterocycles. The SMILES string of the molecule is CCCC(N)C(=O)c1ccnn1CC. The molecule has 0 aliphatic heterocycles. The molecule has 0 radical (unpaired) electrons. The lowest BCUT2D eigenvalue weighted by molar-refractivity contribution is 0.0946. The minimum atomic E-state index is -0.387. The Morgan fingerprint density at radius 2 is 2.36 bits per heavy atom. The second-order valence-electron chi connectivity index (χ2n) is 3.29. The molecule has 1 atom stereocenters. The maximum Gasteiger partial charge on any atom is 0.197 e. The normalized spacial score (nSPS) is 12.8. The van der Waals surface area contributed by atoms with Crippen LogP contribution in [0.2, 0.25) is 0 Å². The highest BCUT2D eigenvalue weighted by Gasteiger charge is 2.17. The second-order valence-corrected chi connectivity index (χ2v) is 3.29. The van der Waals surface area contributed by atoms with Crippen LogP contribution in [0.5, 0.6) is 0 Å². The zero-order valence-electron chi connectivity index (χ0n) is 8.73. The third kappa shape index (κ3) is 2.20. The van der Waals surface area contributed by atoms with Gasteiger partial charge in [-0.05, 0) is 19.4 Å². The third-order valence-electron chi connectivity index (χ3n) is 2.20. The number of aryl methyl sites for hydroxylation is 1. The van der Waals surface area contributed by atoms with Crippen molar-refractivity contribution in [3.8, 4) is 0 Å². The van der Waals surface area contributed by atoms with Gasteiger partial charge in [0.2, 0.25) is 0 Å². The molecule has 78 valence electrons. The summed E-state index contributed by atoms with van der Waals surface area (Å²) < 4.78 is 1.68. The zero-order valence-corrected chi connectivity index (χ0v) is 8.73. The Labute approximate surface area is 84.1 Å². The van der Waals surface area contributed by atoms with Crippen LogP contribution in [0.3, 0.4) is 0 Å². The van der Waals surface area contributed by atoms with Crippen molar-refractivity contribution < 1.29 is 4.79 Å². The largest absolute Gasteiger partial charge is 0.321 e. The van der Waals surface area contributed by atoms with Crippen LogP contribution in [-0.2, 0) is 6.54 Å². The molecule has 1 rings (SSSR count). The van der Waals surface area contributed by atoms with Crippen molar-refractivity contribution >= 4 is 5.78 Å². The van der Waals surface area contributed by atoms with Gasteiger partial charge >= 0.3 is 0 Å². The Hall–Kier alpha value is -1.16. The molecule has 1 unspecified atom stereocenters. The zero-order chi connectivity index (χ0) is 10.6. The smallest absolute Gasteiger partial charge is 0.197 e. The number of Topliss-reactive ketones (excluding diaryl/α,β-unsaturated/α-hetero) is 1. The Bertz CT molecular complexity index is 306. The molecule has 0 spiro atoms. The van der Waals surface area contributed by atoms with E-state index in [0.717, 1.165) is 12.8 Å². The van der Waals surface area contributed by atoms with E-state index in [0.29, 0.717) is 12.2 Å². The summed E-state index contributed by atoms with van der Waals surface area (Å²) in [5.41, 5.74) is 6.37. The summed E-state index contributed by atoms with van der Waals surface area (Å²) in [6.07, 6.45) is 3.29. The summed E-state index contributed by atoms with van der Waals surface area (Å²) in [7, 11) is 0. The van der Waals surface area contributed by atoms with Crippen molar-refractivity contribution in [2.45, 2.75) is 39.3 Å². The Morgan fingerprint density at radius 1 is 1.64 bits per heavy atom. The number of nitrogens with zero attached hydrogens (tertiary/aromatic N) is 2.